The van der Waals surface area contributed by atoms with Gasteiger partial charge in [-0.05, 0) is 89.3 Å². The van der Waals surface area contributed by atoms with E-state index in [4.69, 9.17) is 0 Å². The molecule has 0 saturated carbocycles. The van der Waals surface area contributed by atoms with E-state index in [9.17, 15) is 0 Å². The summed E-state index contributed by atoms with van der Waals surface area (Å²) in [5, 5.41) is 10.1. The van der Waals surface area contributed by atoms with E-state index in [-0.39, 0.29) is 0 Å². The molecule has 3 heteroatoms. The zero-order valence-electron chi connectivity index (χ0n) is 29.9. The molecule has 0 amide bonds. The maximum absolute atomic E-state index is 2.46. The van der Waals surface area contributed by atoms with Crippen molar-refractivity contribution >= 4 is 76.2 Å². The van der Waals surface area contributed by atoms with Crippen LogP contribution in [0.5, 0.6) is 0 Å². The van der Waals surface area contributed by atoms with Crippen molar-refractivity contribution < 1.29 is 0 Å². The van der Waals surface area contributed by atoms with Gasteiger partial charge in [-0.25, -0.2) is 0 Å². The number of rotatable bonds is 4. The highest BCUT2D eigenvalue weighted by molar-refractivity contribution is 6.29. The van der Waals surface area contributed by atoms with E-state index < -0.39 is 0 Å². The SMILES string of the molecule is c1ccc(-n2c3ccccc3c3cc(-c4cccc(-n5c6ccccc6c6c7c8ccccc8n(-c8cccc9ccccc89)c7ccc65)c4)ccc32)cc1. The fourth-order valence-electron chi connectivity index (χ4n) is 9.29. The van der Waals surface area contributed by atoms with Crippen molar-refractivity contribution in [2.75, 3.05) is 0 Å². The van der Waals surface area contributed by atoms with Crippen LogP contribution in [0.2, 0.25) is 0 Å². The summed E-state index contributed by atoms with van der Waals surface area (Å²) in [6.07, 6.45) is 0. The number of hydrogen-bond acceptors (Lipinski definition) is 0. The van der Waals surface area contributed by atoms with Crippen LogP contribution < -0.4 is 0 Å². The average molecular weight is 700 g/mol. The first-order chi connectivity index (χ1) is 27.3. The summed E-state index contributed by atoms with van der Waals surface area (Å²) in [5.74, 6) is 0. The molecule has 12 aromatic rings. The molecule has 3 nitrogen and oxygen atoms in total. The number of benzene rings is 9. The molecule has 3 aromatic heterocycles. The van der Waals surface area contributed by atoms with Crippen molar-refractivity contribution in [3.63, 3.8) is 0 Å². The van der Waals surface area contributed by atoms with E-state index in [2.05, 4.69) is 214 Å². The van der Waals surface area contributed by atoms with Crippen molar-refractivity contribution in [3.05, 3.63) is 200 Å². The number of hydrogen-bond donors (Lipinski definition) is 0. The van der Waals surface area contributed by atoms with Crippen LogP contribution >= 0.6 is 0 Å². The standard InChI is InChI=1S/C52H33N3/c1-2-17-37(18-3-1)53-45-24-9-6-21-40(45)43-33-36(28-29-48(43)53)35-16-12-19-38(32-35)54-46-25-10-7-22-41(46)51-49(54)30-31-50-52(51)42-23-8-11-26-47(42)55(50)44-27-13-15-34-14-4-5-20-39(34)44/h1-33H. The highest BCUT2D eigenvalue weighted by atomic mass is 15.0. The molecule has 0 fully saturated rings. The summed E-state index contributed by atoms with van der Waals surface area (Å²) in [4.78, 5) is 0. The zero-order valence-corrected chi connectivity index (χ0v) is 29.9. The van der Waals surface area contributed by atoms with Crippen molar-refractivity contribution in [1.82, 2.24) is 13.7 Å². The highest BCUT2D eigenvalue weighted by Crippen LogP contribution is 2.43. The monoisotopic (exact) mass is 699 g/mol. The van der Waals surface area contributed by atoms with Gasteiger partial charge in [0.05, 0.1) is 38.8 Å². The molecule has 0 unspecified atom stereocenters. The third-order valence-corrected chi connectivity index (χ3v) is 11.6. The van der Waals surface area contributed by atoms with Gasteiger partial charge in [0, 0.05) is 49.1 Å². The molecule has 0 aliphatic heterocycles. The number of aromatic nitrogens is 3. The van der Waals surface area contributed by atoms with E-state index in [0.29, 0.717) is 0 Å². The van der Waals surface area contributed by atoms with Gasteiger partial charge in [0.25, 0.3) is 0 Å². The van der Waals surface area contributed by atoms with Crippen molar-refractivity contribution in [2.45, 2.75) is 0 Å². The maximum Gasteiger partial charge on any atom is 0.0549 e. The lowest BCUT2D eigenvalue weighted by atomic mass is 10.0. The van der Waals surface area contributed by atoms with Gasteiger partial charge >= 0.3 is 0 Å². The first kappa shape index (κ1) is 30.1. The molecule has 0 aliphatic rings. The third kappa shape index (κ3) is 4.32. The number of fused-ring (bicyclic) bond motifs is 11. The lowest BCUT2D eigenvalue weighted by Crippen LogP contribution is -1.96. The first-order valence-electron chi connectivity index (χ1n) is 18.9. The smallest absolute Gasteiger partial charge is 0.0549 e. The van der Waals surface area contributed by atoms with Crippen molar-refractivity contribution in [2.24, 2.45) is 0 Å². The van der Waals surface area contributed by atoms with Crippen LogP contribution in [-0.2, 0) is 0 Å². The molecule has 0 aliphatic carbocycles. The molecular formula is C52H33N3. The van der Waals surface area contributed by atoms with E-state index in [1.54, 1.807) is 0 Å². The van der Waals surface area contributed by atoms with Crippen LogP contribution in [0, 0.1) is 0 Å². The molecule has 55 heavy (non-hydrogen) atoms. The van der Waals surface area contributed by atoms with Crippen molar-refractivity contribution in [1.29, 1.82) is 0 Å². The lowest BCUT2D eigenvalue weighted by Gasteiger charge is -2.12. The van der Waals surface area contributed by atoms with Gasteiger partial charge in [0.2, 0.25) is 0 Å². The quantitative estimate of drug-likeness (QED) is 0.174. The molecule has 0 radical (unpaired) electrons. The minimum Gasteiger partial charge on any atom is -0.309 e. The lowest BCUT2D eigenvalue weighted by molar-refractivity contribution is 1.18. The topological polar surface area (TPSA) is 14.8 Å². The molecule has 12 rings (SSSR count). The third-order valence-electron chi connectivity index (χ3n) is 11.6. The molecule has 0 spiro atoms. The Morgan fingerprint density at radius 2 is 0.745 bits per heavy atom. The second-order valence-corrected chi connectivity index (χ2v) is 14.5. The Balaban J connectivity index is 1.09. The molecule has 0 bridgehead atoms. The molecular weight excluding hydrogens is 667 g/mol. The molecule has 9 aromatic carbocycles. The number of nitrogens with zero attached hydrogens (tertiary/aromatic N) is 3. The fourth-order valence-corrected chi connectivity index (χ4v) is 9.29. The predicted molar refractivity (Wildman–Crippen MR) is 232 cm³/mol. The molecule has 0 atom stereocenters. The van der Waals surface area contributed by atoms with Crippen LogP contribution in [0.1, 0.15) is 0 Å². The minimum absolute atomic E-state index is 1.15. The molecule has 3 heterocycles. The Kier molecular flexibility index (Phi) is 6.34. The van der Waals surface area contributed by atoms with Crippen LogP contribution in [0.25, 0.3) is 104 Å². The summed E-state index contributed by atoms with van der Waals surface area (Å²) >= 11 is 0. The zero-order chi connectivity index (χ0) is 36.0. The summed E-state index contributed by atoms with van der Waals surface area (Å²) in [7, 11) is 0. The second-order valence-electron chi connectivity index (χ2n) is 14.5. The average Bonchev–Trinajstić information content (AvgIpc) is 3.89. The minimum atomic E-state index is 1.15. The van der Waals surface area contributed by atoms with E-state index >= 15 is 0 Å². The Morgan fingerprint density at radius 1 is 0.255 bits per heavy atom. The van der Waals surface area contributed by atoms with Gasteiger partial charge < -0.3 is 13.7 Å². The highest BCUT2D eigenvalue weighted by Gasteiger charge is 2.21. The fraction of sp³-hybridized carbons (Fsp3) is 0. The van der Waals surface area contributed by atoms with E-state index in [1.165, 1.54) is 98.7 Å². The second kappa shape index (κ2) is 11.6. The van der Waals surface area contributed by atoms with Crippen LogP contribution in [0.15, 0.2) is 200 Å². The van der Waals surface area contributed by atoms with Crippen LogP contribution in [0.4, 0.5) is 0 Å². The maximum atomic E-state index is 2.46. The van der Waals surface area contributed by atoms with Crippen LogP contribution in [-0.4, -0.2) is 13.7 Å². The Morgan fingerprint density at radius 3 is 1.51 bits per heavy atom. The van der Waals surface area contributed by atoms with Gasteiger partial charge in [-0.1, -0.05) is 127 Å². The van der Waals surface area contributed by atoms with Gasteiger partial charge in [-0.3, -0.25) is 0 Å². The largest absolute Gasteiger partial charge is 0.309 e. The summed E-state index contributed by atoms with van der Waals surface area (Å²) in [6.45, 7) is 0. The van der Waals surface area contributed by atoms with Crippen molar-refractivity contribution in [3.8, 4) is 28.2 Å². The molecule has 256 valence electrons. The summed E-state index contributed by atoms with van der Waals surface area (Å²) in [5.41, 5.74) is 13.2. The van der Waals surface area contributed by atoms with Gasteiger partial charge in [-0.2, -0.15) is 0 Å². The van der Waals surface area contributed by atoms with E-state index in [1.807, 2.05) is 0 Å². The Labute approximate surface area is 317 Å². The normalized spacial score (nSPS) is 12.0. The van der Waals surface area contributed by atoms with Gasteiger partial charge in [-0.15, -0.1) is 0 Å². The molecule has 0 N–H and O–H groups in total. The Bertz CT molecular complexity index is 3480. The Hall–Kier alpha value is -7.36. The summed E-state index contributed by atoms with van der Waals surface area (Å²) < 4.78 is 7.29. The first-order valence-corrected chi connectivity index (χ1v) is 18.9. The van der Waals surface area contributed by atoms with Gasteiger partial charge in [0.15, 0.2) is 0 Å². The number of para-hydroxylation sites is 4. The predicted octanol–water partition coefficient (Wildman–Crippen LogP) is 13.8. The van der Waals surface area contributed by atoms with E-state index in [0.717, 1.165) is 5.69 Å². The summed E-state index contributed by atoms with van der Waals surface area (Å²) in [6, 6.07) is 73.1. The van der Waals surface area contributed by atoms with Crippen LogP contribution in [0.3, 0.4) is 0 Å². The molecule has 0 saturated heterocycles. The van der Waals surface area contributed by atoms with Gasteiger partial charge in [0.1, 0.15) is 0 Å².